The van der Waals surface area contributed by atoms with Gasteiger partial charge in [-0.1, -0.05) is 42.5 Å². The molecular formula is C26H35N3O5S. The molecule has 35 heavy (non-hydrogen) atoms. The van der Waals surface area contributed by atoms with Gasteiger partial charge in [-0.05, 0) is 31.5 Å². The van der Waals surface area contributed by atoms with Crippen LogP contribution in [0.2, 0.25) is 0 Å². The lowest BCUT2D eigenvalue weighted by Crippen LogP contribution is -2.48. The predicted molar refractivity (Wildman–Crippen MR) is 134 cm³/mol. The normalized spacial score (nSPS) is 23.1. The highest BCUT2D eigenvalue weighted by Crippen LogP contribution is 2.23. The van der Waals surface area contributed by atoms with E-state index in [1.54, 1.807) is 18.2 Å². The number of nitrogens with zero attached hydrogens (tertiary/aromatic N) is 2. The van der Waals surface area contributed by atoms with Crippen LogP contribution in [0.25, 0.3) is 0 Å². The molecule has 0 radical (unpaired) electrons. The molecule has 1 N–H and O–H groups in total. The fraction of sp³-hybridized carbons (Fsp3) is 0.500. The first kappa shape index (κ1) is 25.9. The van der Waals surface area contributed by atoms with Crippen molar-refractivity contribution in [2.24, 2.45) is 0 Å². The Morgan fingerprint density at radius 3 is 2.40 bits per heavy atom. The van der Waals surface area contributed by atoms with Crippen molar-refractivity contribution in [3.8, 4) is 0 Å². The van der Waals surface area contributed by atoms with Gasteiger partial charge in [0.1, 0.15) is 0 Å². The molecule has 3 atom stereocenters. The highest BCUT2D eigenvalue weighted by atomic mass is 32.2. The molecule has 2 aliphatic rings. The zero-order valence-electron chi connectivity index (χ0n) is 20.4. The number of benzene rings is 2. The Morgan fingerprint density at radius 1 is 1.03 bits per heavy atom. The number of nitrogens with one attached hydrogen (secondary N) is 1. The molecule has 9 heteroatoms. The number of ketones is 1. The Kier molecular flexibility index (Phi) is 8.69. The Morgan fingerprint density at radius 2 is 1.71 bits per heavy atom. The smallest absolute Gasteiger partial charge is 0.243 e. The van der Waals surface area contributed by atoms with Gasteiger partial charge in [0.2, 0.25) is 10.0 Å². The fourth-order valence-electron chi connectivity index (χ4n) is 4.75. The molecule has 2 fully saturated rings. The van der Waals surface area contributed by atoms with E-state index in [9.17, 15) is 13.2 Å². The SMILES string of the molecule is CC1CN(S(=O)(=O)c2cccc(C(=O)CNCC(c3ccccc3)N3CCOCC3)c2)CC(C)O1. The van der Waals surface area contributed by atoms with Gasteiger partial charge in [-0.3, -0.25) is 9.69 Å². The van der Waals surface area contributed by atoms with Crippen molar-refractivity contribution in [1.82, 2.24) is 14.5 Å². The van der Waals surface area contributed by atoms with Crippen molar-refractivity contribution in [1.29, 1.82) is 0 Å². The number of Topliss-reactive ketones (excluding diaryl/α,β-unsaturated/α-hetero) is 1. The number of hydrogen-bond donors (Lipinski definition) is 1. The Balaban J connectivity index is 1.41. The summed E-state index contributed by atoms with van der Waals surface area (Å²) in [6, 6.07) is 16.7. The van der Waals surface area contributed by atoms with E-state index >= 15 is 0 Å². The van der Waals surface area contributed by atoms with E-state index in [4.69, 9.17) is 9.47 Å². The van der Waals surface area contributed by atoms with Crippen LogP contribution in [0.15, 0.2) is 59.5 Å². The molecule has 190 valence electrons. The molecule has 2 aromatic carbocycles. The minimum Gasteiger partial charge on any atom is -0.379 e. The van der Waals surface area contributed by atoms with Gasteiger partial charge in [-0.25, -0.2) is 8.42 Å². The Bertz CT molecular complexity index is 1080. The topological polar surface area (TPSA) is 88.2 Å². The number of carbonyl (C=O) groups is 1. The first-order valence-corrected chi connectivity index (χ1v) is 13.6. The molecular weight excluding hydrogens is 466 g/mol. The second-order valence-corrected chi connectivity index (χ2v) is 11.2. The molecule has 8 nitrogen and oxygen atoms in total. The van der Waals surface area contributed by atoms with Crippen molar-refractivity contribution in [3.05, 3.63) is 65.7 Å². The minimum atomic E-state index is -3.71. The Labute approximate surface area is 208 Å². The van der Waals surface area contributed by atoms with Crippen LogP contribution in [-0.4, -0.2) is 88.1 Å². The first-order chi connectivity index (χ1) is 16.8. The van der Waals surface area contributed by atoms with Gasteiger partial charge in [0.25, 0.3) is 0 Å². The molecule has 0 amide bonds. The minimum absolute atomic E-state index is 0.128. The van der Waals surface area contributed by atoms with E-state index in [0.29, 0.717) is 38.4 Å². The molecule has 0 bridgehead atoms. The molecule has 2 aromatic rings. The highest BCUT2D eigenvalue weighted by molar-refractivity contribution is 7.89. The number of morpholine rings is 2. The van der Waals surface area contributed by atoms with Crippen LogP contribution in [0.4, 0.5) is 0 Å². The van der Waals surface area contributed by atoms with Crippen molar-refractivity contribution >= 4 is 15.8 Å². The molecule has 2 saturated heterocycles. The summed E-state index contributed by atoms with van der Waals surface area (Å²) in [5, 5.41) is 3.30. The number of ether oxygens (including phenoxy) is 2. The first-order valence-electron chi connectivity index (χ1n) is 12.2. The number of hydrogen-bond acceptors (Lipinski definition) is 7. The van der Waals surface area contributed by atoms with Gasteiger partial charge < -0.3 is 14.8 Å². The maximum atomic E-state index is 13.2. The lowest BCUT2D eigenvalue weighted by molar-refractivity contribution is -0.0440. The molecule has 2 aliphatic heterocycles. The van der Waals surface area contributed by atoms with Gasteiger partial charge in [-0.15, -0.1) is 0 Å². The summed E-state index contributed by atoms with van der Waals surface area (Å²) in [5.41, 5.74) is 1.58. The van der Waals surface area contributed by atoms with Gasteiger partial charge in [0.15, 0.2) is 5.78 Å². The standard InChI is InChI=1S/C26H35N3O5S/c1-20-18-29(19-21(2)34-20)35(31,32)24-10-6-9-23(15-24)26(30)17-27-16-25(22-7-4-3-5-8-22)28-11-13-33-14-12-28/h3-10,15,20-21,25,27H,11-14,16-19H2,1-2H3. The van der Waals surface area contributed by atoms with Gasteiger partial charge in [-0.2, -0.15) is 4.31 Å². The van der Waals surface area contributed by atoms with E-state index in [2.05, 4.69) is 22.3 Å². The van der Waals surface area contributed by atoms with Crippen molar-refractivity contribution in [2.45, 2.75) is 37.0 Å². The van der Waals surface area contributed by atoms with E-state index < -0.39 is 10.0 Å². The summed E-state index contributed by atoms with van der Waals surface area (Å²) in [5.74, 6) is -0.139. The molecule has 0 saturated carbocycles. The van der Waals surface area contributed by atoms with Crippen LogP contribution in [0, 0.1) is 0 Å². The van der Waals surface area contributed by atoms with Crippen molar-refractivity contribution in [3.63, 3.8) is 0 Å². The van der Waals surface area contributed by atoms with Crippen LogP contribution in [0.5, 0.6) is 0 Å². The zero-order valence-corrected chi connectivity index (χ0v) is 21.2. The molecule has 4 rings (SSSR count). The third-order valence-electron chi connectivity index (χ3n) is 6.47. The summed E-state index contributed by atoms with van der Waals surface area (Å²) in [7, 11) is -3.71. The summed E-state index contributed by atoms with van der Waals surface area (Å²) in [6.07, 6.45) is -0.349. The summed E-state index contributed by atoms with van der Waals surface area (Å²) >= 11 is 0. The zero-order chi connectivity index (χ0) is 24.8. The summed E-state index contributed by atoms with van der Waals surface area (Å²) < 4.78 is 39.1. The van der Waals surface area contributed by atoms with Gasteiger partial charge >= 0.3 is 0 Å². The van der Waals surface area contributed by atoms with E-state index in [1.807, 2.05) is 32.0 Å². The monoisotopic (exact) mass is 501 g/mol. The quantitative estimate of drug-likeness (QED) is 0.528. The molecule has 0 aliphatic carbocycles. The fourth-order valence-corrected chi connectivity index (χ4v) is 6.39. The average Bonchev–Trinajstić information content (AvgIpc) is 2.87. The average molecular weight is 502 g/mol. The highest BCUT2D eigenvalue weighted by Gasteiger charge is 2.32. The van der Waals surface area contributed by atoms with Crippen LogP contribution in [0.3, 0.4) is 0 Å². The number of carbonyl (C=O) groups excluding carboxylic acids is 1. The van der Waals surface area contributed by atoms with E-state index in [1.165, 1.54) is 15.9 Å². The summed E-state index contributed by atoms with van der Waals surface area (Å²) in [4.78, 5) is 15.5. The largest absolute Gasteiger partial charge is 0.379 e. The molecule has 0 aromatic heterocycles. The van der Waals surface area contributed by atoms with Gasteiger partial charge in [0, 0.05) is 44.3 Å². The van der Waals surface area contributed by atoms with Crippen LogP contribution in [-0.2, 0) is 19.5 Å². The Hall–Kier alpha value is -2.14. The lowest BCUT2D eigenvalue weighted by atomic mass is 10.0. The molecule has 0 spiro atoms. The number of rotatable bonds is 9. The third kappa shape index (κ3) is 6.55. The third-order valence-corrected chi connectivity index (χ3v) is 8.30. The van der Waals surface area contributed by atoms with Crippen LogP contribution >= 0.6 is 0 Å². The van der Waals surface area contributed by atoms with E-state index in [0.717, 1.165) is 13.1 Å². The lowest BCUT2D eigenvalue weighted by Gasteiger charge is -2.35. The van der Waals surface area contributed by atoms with Crippen LogP contribution < -0.4 is 5.32 Å². The second kappa shape index (κ2) is 11.7. The van der Waals surface area contributed by atoms with Crippen molar-refractivity contribution in [2.75, 3.05) is 52.5 Å². The molecule has 2 heterocycles. The van der Waals surface area contributed by atoms with Crippen LogP contribution in [0.1, 0.15) is 35.8 Å². The maximum Gasteiger partial charge on any atom is 0.243 e. The maximum absolute atomic E-state index is 13.2. The summed E-state index contributed by atoms with van der Waals surface area (Å²) in [6.45, 7) is 8.15. The molecule has 3 unspecified atom stereocenters. The van der Waals surface area contributed by atoms with Gasteiger partial charge in [0.05, 0.1) is 36.9 Å². The van der Waals surface area contributed by atoms with E-state index in [-0.39, 0.29) is 35.5 Å². The number of sulfonamides is 1. The van der Waals surface area contributed by atoms with Crippen molar-refractivity contribution < 1.29 is 22.7 Å². The second-order valence-electron chi connectivity index (χ2n) is 9.24. The predicted octanol–water partition coefficient (Wildman–Crippen LogP) is 2.33.